The van der Waals surface area contributed by atoms with E-state index in [0.717, 1.165) is 25.0 Å². The number of nitro groups is 1. The molecule has 0 bridgehead atoms. The van der Waals surface area contributed by atoms with E-state index in [2.05, 4.69) is 0 Å². The molecule has 100 valence electrons. The highest BCUT2D eigenvalue weighted by molar-refractivity contribution is 5.85. The minimum absolute atomic E-state index is 0. The van der Waals surface area contributed by atoms with E-state index in [0.29, 0.717) is 0 Å². The van der Waals surface area contributed by atoms with E-state index in [1.807, 2.05) is 0 Å². The maximum Gasteiger partial charge on any atom is 0.277 e. The Balaban J connectivity index is 0.00000162. The van der Waals surface area contributed by atoms with Crippen molar-refractivity contribution in [1.29, 1.82) is 0 Å². The minimum Gasteiger partial charge on any atom is -0.391 e. The van der Waals surface area contributed by atoms with Gasteiger partial charge in [0.15, 0.2) is 0 Å². The molecular formula is C11H14ClFN2O3. The number of nitrogens with two attached hydrogens (primary N) is 1. The molecule has 0 unspecified atom stereocenters. The number of rotatable bonds is 4. The topological polar surface area (TPSA) is 89.4 Å². The molecule has 1 saturated carbocycles. The van der Waals surface area contributed by atoms with Gasteiger partial charge < -0.3 is 10.8 Å². The molecule has 0 aromatic heterocycles. The van der Waals surface area contributed by atoms with Gasteiger partial charge >= 0.3 is 0 Å². The fourth-order valence-electron chi connectivity index (χ4n) is 1.87. The van der Waals surface area contributed by atoms with E-state index in [1.54, 1.807) is 0 Å². The number of nitro benzene ring substituents is 1. The molecule has 18 heavy (non-hydrogen) atoms. The summed E-state index contributed by atoms with van der Waals surface area (Å²) in [5, 5.41) is 20.6. The van der Waals surface area contributed by atoms with Crippen LogP contribution >= 0.6 is 12.4 Å². The molecule has 3 N–H and O–H groups in total. The highest BCUT2D eigenvalue weighted by Crippen LogP contribution is 2.39. The first-order valence-corrected chi connectivity index (χ1v) is 5.38. The predicted octanol–water partition coefficient (Wildman–Crippen LogP) is 1.93. The van der Waals surface area contributed by atoms with Crippen molar-refractivity contribution >= 4 is 18.1 Å². The summed E-state index contributed by atoms with van der Waals surface area (Å²) in [5.74, 6) is -0.580. The van der Waals surface area contributed by atoms with E-state index in [1.165, 1.54) is 6.07 Å². The third kappa shape index (κ3) is 2.95. The van der Waals surface area contributed by atoms with Gasteiger partial charge in [-0.1, -0.05) is 0 Å². The summed E-state index contributed by atoms with van der Waals surface area (Å²) in [4.78, 5) is 10.1. The van der Waals surface area contributed by atoms with E-state index in [-0.39, 0.29) is 29.6 Å². The van der Waals surface area contributed by atoms with Crippen molar-refractivity contribution in [3.63, 3.8) is 0 Å². The van der Waals surface area contributed by atoms with E-state index in [4.69, 9.17) is 5.73 Å². The second-order valence-electron chi connectivity index (χ2n) is 4.31. The maximum absolute atomic E-state index is 12.9. The van der Waals surface area contributed by atoms with Gasteiger partial charge in [0.05, 0.1) is 23.1 Å². The quantitative estimate of drug-likeness (QED) is 0.649. The molecule has 0 aliphatic heterocycles. The summed E-state index contributed by atoms with van der Waals surface area (Å²) >= 11 is 0. The van der Waals surface area contributed by atoms with Crippen LogP contribution in [-0.2, 0) is 0 Å². The highest BCUT2D eigenvalue weighted by atomic mass is 35.5. The van der Waals surface area contributed by atoms with Crippen LogP contribution in [0.4, 0.5) is 10.1 Å². The molecule has 1 aliphatic carbocycles. The molecule has 1 aliphatic rings. The number of aliphatic hydroxyl groups excluding tert-OH is 1. The second kappa shape index (κ2) is 5.60. The molecule has 1 aromatic carbocycles. The Hall–Kier alpha value is -1.24. The third-order valence-corrected chi connectivity index (χ3v) is 3.02. The van der Waals surface area contributed by atoms with Gasteiger partial charge in [0, 0.05) is 5.56 Å². The summed E-state index contributed by atoms with van der Waals surface area (Å²) in [6.45, 7) is 0. The Morgan fingerprint density at radius 2 is 2.11 bits per heavy atom. The number of halogens is 2. The zero-order valence-corrected chi connectivity index (χ0v) is 10.3. The monoisotopic (exact) mass is 276 g/mol. The molecule has 1 aromatic rings. The van der Waals surface area contributed by atoms with Crippen molar-refractivity contribution in [2.45, 2.75) is 25.0 Å². The molecule has 0 radical (unpaired) electrons. The van der Waals surface area contributed by atoms with Gasteiger partial charge in [0.1, 0.15) is 5.82 Å². The lowest BCUT2D eigenvalue weighted by molar-refractivity contribution is -0.386. The van der Waals surface area contributed by atoms with Crippen LogP contribution in [0.3, 0.4) is 0 Å². The van der Waals surface area contributed by atoms with E-state index in [9.17, 15) is 19.6 Å². The van der Waals surface area contributed by atoms with Crippen molar-refractivity contribution in [1.82, 2.24) is 0 Å². The summed E-state index contributed by atoms with van der Waals surface area (Å²) in [5.41, 5.74) is 5.59. The summed E-state index contributed by atoms with van der Waals surface area (Å²) in [6, 6.07) is 2.36. The van der Waals surface area contributed by atoms with Crippen molar-refractivity contribution in [3.05, 3.63) is 39.7 Å². The van der Waals surface area contributed by atoms with Crippen LogP contribution in [0, 0.1) is 21.8 Å². The zero-order valence-electron chi connectivity index (χ0n) is 9.45. The van der Waals surface area contributed by atoms with Gasteiger partial charge in [0.2, 0.25) is 0 Å². The van der Waals surface area contributed by atoms with Crippen molar-refractivity contribution < 1.29 is 14.4 Å². The normalized spacial score (nSPS) is 17.7. The van der Waals surface area contributed by atoms with Crippen molar-refractivity contribution in [2.75, 3.05) is 0 Å². The van der Waals surface area contributed by atoms with Gasteiger partial charge in [0.25, 0.3) is 5.69 Å². The standard InChI is InChI=1S/C11H13FN2O3.ClH/c12-7-3-4-8(9(5-7)14(16)17)10(13)11(15)6-1-2-6;/h3-6,10-11,15H,1-2,13H2;1H/t10-,11+;/m0./s1. The number of nitrogens with zero attached hydrogens (tertiary/aromatic N) is 1. The second-order valence-corrected chi connectivity index (χ2v) is 4.31. The lowest BCUT2D eigenvalue weighted by Gasteiger charge is -2.18. The summed E-state index contributed by atoms with van der Waals surface area (Å²) in [6.07, 6.45) is 0.951. The SMILES string of the molecule is Cl.N[C@@H](c1ccc(F)cc1[N+](=O)[O-])[C@H](O)C1CC1. The smallest absolute Gasteiger partial charge is 0.277 e. The Bertz CT molecular complexity index is 454. The number of hydrogen-bond donors (Lipinski definition) is 2. The molecule has 0 saturated heterocycles. The first kappa shape index (κ1) is 14.8. The lowest BCUT2D eigenvalue weighted by Crippen LogP contribution is -2.28. The molecule has 1 fully saturated rings. The Morgan fingerprint density at radius 1 is 1.50 bits per heavy atom. The molecule has 0 spiro atoms. The van der Waals surface area contributed by atoms with Crippen LogP contribution < -0.4 is 5.73 Å². The number of benzene rings is 1. The van der Waals surface area contributed by atoms with Crippen LogP contribution in [0.5, 0.6) is 0 Å². The number of hydrogen-bond acceptors (Lipinski definition) is 4. The zero-order chi connectivity index (χ0) is 12.6. The minimum atomic E-state index is -0.844. The molecule has 0 heterocycles. The predicted molar refractivity (Wildman–Crippen MR) is 66.0 cm³/mol. The maximum atomic E-state index is 12.9. The fraction of sp³-hybridized carbons (Fsp3) is 0.455. The van der Waals surface area contributed by atoms with Crippen LogP contribution in [-0.4, -0.2) is 16.1 Å². The molecule has 0 amide bonds. The average molecular weight is 277 g/mol. The first-order chi connectivity index (χ1) is 8.00. The van der Waals surface area contributed by atoms with Crippen LogP contribution in [0.15, 0.2) is 18.2 Å². The van der Waals surface area contributed by atoms with Gasteiger partial charge in [-0.3, -0.25) is 10.1 Å². The highest BCUT2D eigenvalue weighted by Gasteiger charge is 2.36. The van der Waals surface area contributed by atoms with Crippen molar-refractivity contribution in [3.8, 4) is 0 Å². The Labute approximate surface area is 109 Å². The molecule has 5 nitrogen and oxygen atoms in total. The van der Waals surface area contributed by atoms with Crippen LogP contribution in [0.1, 0.15) is 24.4 Å². The van der Waals surface area contributed by atoms with Gasteiger partial charge in [-0.2, -0.15) is 0 Å². The molecular weight excluding hydrogens is 263 g/mol. The Morgan fingerprint density at radius 3 is 2.61 bits per heavy atom. The fourth-order valence-corrected chi connectivity index (χ4v) is 1.87. The first-order valence-electron chi connectivity index (χ1n) is 5.38. The van der Waals surface area contributed by atoms with E-state index >= 15 is 0 Å². The summed E-state index contributed by atoms with van der Waals surface area (Å²) < 4.78 is 12.9. The van der Waals surface area contributed by atoms with Crippen LogP contribution in [0.25, 0.3) is 0 Å². The molecule has 2 atom stereocenters. The van der Waals surface area contributed by atoms with Crippen LogP contribution in [0.2, 0.25) is 0 Å². The molecule has 7 heteroatoms. The average Bonchev–Trinajstić information content (AvgIpc) is 3.10. The largest absolute Gasteiger partial charge is 0.391 e. The third-order valence-electron chi connectivity index (χ3n) is 3.02. The van der Waals surface area contributed by atoms with Gasteiger partial charge in [-0.15, -0.1) is 12.4 Å². The number of aliphatic hydroxyl groups is 1. The lowest BCUT2D eigenvalue weighted by atomic mass is 9.97. The Kier molecular flexibility index (Phi) is 4.61. The van der Waals surface area contributed by atoms with Gasteiger partial charge in [-0.25, -0.2) is 4.39 Å². The molecule has 2 rings (SSSR count). The van der Waals surface area contributed by atoms with E-state index < -0.39 is 22.9 Å². The van der Waals surface area contributed by atoms with Gasteiger partial charge in [-0.05, 0) is 30.9 Å². The van der Waals surface area contributed by atoms with Crippen molar-refractivity contribution in [2.24, 2.45) is 11.7 Å². The summed E-state index contributed by atoms with van der Waals surface area (Å²) in [7, 11) is 0.